The number of nitrogens with zero attached hydrogens (tertiary/aromatic N) is 2. The second-order valence-electron chi connectivity index (χ2n) is 11.6. The Bertz CT molecular complexity index is 1740. The number of hydrogen-bond donors (Lipinski definition) is 2. The number of amides is 1. The van der Waals surface area contributed by atoms with E-state index < -0.39 is 16.1 Å². The van der Waals surface area contributed by atoms with E-state index in [2.05, 4.69) is 9.62 Å². The lowest BCUT2D eigenvalue weighted by Crippen LogP contribution is -2.49. The highest BCUT2D eigenvalue weighted by Crippen LogP contribution is 2.32. The standard InChI is InChI=1S/C35H38ClN3O6S/c1-24-20-39(25(2)23-40)35(41)32-19-28(37-46(42,43)31-16-11-27(36)12-17-31)13-18-33(32)45-34(24)22-38(3)21-26-9-14-30(15-10-26)44-29-7-5-4-6-8-29/h4-19,24-25,34,37,40H,20-23H2,1-3H3/t24-,25-,34-/m1/s1. The number of sulfonamides is 1. The molecule has 0 aromatic heterocycles. The number of para-hydroxylation sites is 1. The maximum Gasteiger partial charge on any atom is 0.261 e. The van der Waals surface area contributed by atoms with Gasteiger partial charge in [0.2, 0.25) is 0 Å². The summed E-state index contributed by atoms with van der Waals surface area (Å²) in [5, 5.41) is 10.4. The first-order chi connectivity index (χ1) is 22.0. The fraction of sp³-hybridized carbons (Fsp3) is 0.286. The summed E-state index contributed by atoms with van der Waals surface area (Å²) in [4.78, 5) is 17.6. The molecule has 0 spiro atoms. The Morgan fingerprint density at radius 3 is 2.37 bits per heavy atom. The maximum absolute atomic E-state index is 13.8. The second-order valence-corrected chi connectivity index (χ2v) is 13.8. The molecular weight excluding hydrogens is 626 g/mol. The first-order valence-electron chi connectivity index (χ1n) is 15.0. The van der Waals surface area contributed by atoms with E-state index in [1.165, 1.54) is 30.3 Å². The van der Waals surface area contributed by atoms with Gasteiger partial charge in [0.05, 0.1) is 23.1 Å². The van der Waals surface area contributed by atoms with Gasteiger partial charge in [-0.25, -0.2) is 8.42 Å². The number of rotatable bonds is 11. The summed E-state index contributed by atoms with van der Waals surface area (Å²) in [6, 6.07) is 27.6. The maximum atomic E-state index is 13.8. The molecule has 3 atom stereocenters. The number of aliphatic hydroxyl groups is 1. The Balaban J connectivity index is 1.34. The third-order valence-electron chi connectivity index (χ3n) is 7.89. The quantitative estimate of drug-likeness (QED) is 0.194. The molecule has 0 radical (unpaired) electrons. The zero-order valence-corrected chi connectivity index (χ0v) is 27.5. The largest absolute Gasteiger partial charge is 0.488 e. The number of carbonyl (C=O) groups excluding carboxylic acids is 1. The van der Waals surface area contributed by atoms with E-state index in [1.807, 2.05) is 68.6 Å². The average molecular weight is 664 g/mol. The van der Waals surface area contributed by atoms with Gasteiger partial charge in [0.15, 0.2) is 0 Å². The first kappa shape index (κ1) is 33.3. The minimum atomic E-state index is -3.94. The van der Waals surface area contributed by atoms with Crippen molar-refractivity contribution in [3.63, 3.8) is 0 Å². The van der Waals surface area contributed by atoms with Crippen LogP contribution in [0.15, 0.2) is 102 Å². The monoisotopic (exact) mass is 663 g/mol. The Kier molecular flexibility index (Phi) is 10.5. The van der Waals surface area contributed by atoms with Crippen molar-refractivity contribution in [2.24, 2.45) is 5.92 Å². The number of nitrogens with one attached hydrogen (secondary N) is 1. The van der Waals surface area contributed by atoms with Crippen LogP contribution in [0.25, 0.3) is 0 Å². The van der Waals surface area contributed by atoms with Gasteiger partial charge in [-0.2, -0.15) is 0 Å². The van der Waals surface area contributed by atoms with Gasteiger partial charge in [-0.15, -0.1) is 0 Å². The summed E-state index contributed by atoms with van der Waals surface area (Å²) in [5.74, 6) is 1.46. The molecule has 46 heavy (non-hydrogen) atoms. The number of hydrogen-bond acceptors (Lipinski definition) is 7. The van der Waals surface area contributed by atoms with E-state index in [-0.39, 0.29) is 40.7 Å². The van der Waals surface area contributed by atoms with Crippen molar-refractivity contribution in [3.05, 3.63) is 113 Å². The number of likely N-dealkylation sites (N-methyl/N-ethyl adjacent to an activating group) is 1. The van der Waals surface area contributed by atoms with Crippen molar-refractivity contribution >= 4 is 33.2 Å². The number of ether oxygens (including phenoxy) is 2. The van der Waals surface area contributed by atoms with Gasteiger partial charge in [0.1, 0.15) is 23.4 Å². The molecule has 0 saturated carbocycles. The van der Waals surface area contributed by atoms with Crippen molar-refractivity contribution in [1.29, 1.82) is 0 Å². The fourth-order valence-electron chi connectivity index (χ4n) is 5.30. The molecule has 0 fully saturated rings. The van der Waals surface area contributed by atoms with Crippen molar-refractivity contribution in [2.45, 2.75) is 37.4 Å². The molecule has 2 N–H and O–H groups in total. The van der Waals surface area contributed by atoms with Crippen LogP contribution in [0.1, 0.15) is 29.8 Å². The number of aliphatic hydroxyl groups excluding tert-OH is 1. The third-order valence-corrected chi connectivity index (χ3v) is 9.54. The van der Waals surface area contributed by atoms with Gasteiger partial charge < -0.3 is 19.5 Å². The zero-order valence-electron chi connectivity index (χ0n) is 26.0. The molecular formula is C35H38ClN3O6S. The average Bonchev–Trinajstić information content (AvgIpc) is 3.04. The van der Waals surface area contributed by atoms with Gasteiger partial charge in [0.25, 0.3) is 15.9 Å². The minimum absolute atomic E-state index is 0.0389. The molecule has 4 aromatic carbocycles. The van der Waals surface area contributed by atoms with Crippen molar-refractivity contribution in [1.82, 2.24) is 9.80 Å². The van der Waals surface area contributed by atoms with Crippen LogP contribution in [0.4, 0.5) is 5.69 Å². The van der Waals surface area contributed by atoms with Crippen molar-refractivity contribution in [2.75, 3.05) is 31.5 Å². The van der Waals surface area contributed by atoms with Crippen LogP contribution in [-0.2, 0) is 16.6 Å². The van der Waals surface area contributed by atoms with Crippen LogP contribution in [-0.4, -0.2) is 68.1 Å². The molecule has 0 saturated heterocycles. The van der Waals surface area contributed by atoms with E-state index in [9.17, 15) is 18.3 Å². The highest BCUT2D eigenvalue weighted by molar-refractivity contribution is 7.92. The van der Waals surface area contributed by atoms with Crippen LogP contribution in [0.5, 0.6) is 17.2 Å². The molecule has 11 heteroatoms. The number of carbonyl (C=O) groups is 1. The van der Waals surface area contributed by atoms with Gasteiger partial charge in [-0.1, -0.05) is 48.9 Å². The summed E-state index contributed by atoms with van der Waals surface area (Å²) >= 11 is 5.92. The molecule has 0 unspecified atom stereocenters. The normalized spacial score (nSPS) is 17.4. The van der Waals surface area contributed by atoms with E-state index in [0.29, 0.717) is 30.4 Å². The van der Waals surface area contributed by atoms with Crippen molar-refractivity contribution < 1.29 is 27.8 Å². The SMILES string of the molecule is C[C@@H]1CN([C@H](C)CO)C(=O)c2cc(NS(=O)(=O)c3ccc(Cl)cc3)ccc2O[C@@H]1CN(C)Cc1ccc(Oc2ccccc2)cc1. The van der Waals surface area contributed by atoms with Gasteiger partial charge in [0, 0.05) is 36.3 Å². The third kappa shape index (κ3) is 8.19. The van der Waals surface area contributed by atoms with Crippen LogP contribution < -0.4 is 14.2 Å². The van der Waals surface area contributed by atoms with Gasteiger partial charge in [-0.3, -0.25) is 14.4 Å². The van der Waals surface area contributed by atoms with E-state index >= 15 is 0 Å². The number of anilines is 1. The zero-order chi connectivity index (χ0) is 32.8. The number of benzene rings is 4. The number of fused-ring (bicyclic) bond motifs is 1. The summed E-state index contributed by atoms with van der Waals surface area (Å²) in [6.45, 7) is 5.16. The molecule has 5 rings (SSSR count). The molecule has 1 amide bonds. The molecule has 9 nitrogen and oxygen atoms in total. The summed E-state index contributed by atoms with van der Waals surface area (Å²) < 4.78 is 41.1. The lowest BCUT2D eigenvalue weighted by atomic mass is 9.99. The van der Waals surface area contributed by atoms with Crippen LogP contribution >= 0.6 is 11.6 Å². The fourth-order valence-corrected chi connectivity index (χ4v) is 6.48. The lowest BCUT2D eigenvalue weighted by molar-refractivity contribution is 0.0341. The van der Waals surface area contributed by atoms with E-state index in [4.69, 9.17) is 21.1 Å². The highest BCUT2D eigenvalue weighted by Gasteiger charge is 2.33. The predicted molar refractivity (Wildman–Crippen MR) is 179 cm³/mol. The smallest absolute Gasteiger partial charge is 0.261 e. The van der Waals surface area contributed by atoms with Gasteiger partial charge >= 0.3 is 0 Å². The molecule has 0 aliphatic carbocycles. The Labute approximate surface area is 275 Å². The Hall–Kier alpha value is -4.09. The first-order valence-corrected chi connectivity index (χ1v) is 16.9. The lowest BCUT2D eigenvalue weighted by Gasteiger charge is -2.38. The molecule has 1 heterocycles. The molecule has 242 valence electrons. The topological polar surface area (TPSA) is 108 Å². The molecule has 0 bridgehead atoms. The molecule has 1 aliphatic heterocycles. The highest BCUT2D eigenvalue weighted by atomic mass is 35.5. The molecule has 1 aliphatic rings. The number of halogens is 1. The summed E-state index contributed by atoms with van der Waals surface area (Å²) in [7, 11) is -1.93. The predicted octanol–water partition coefficient (Wildman–Crippen LogP) is 6.29. The van der Waals surface area contributed by atoms with E-state index in [0.717, 1.165) is 17.1 Å². The van der Waals surface area contributed by atoms with Crippen molar-refractivity contribution in [3.8, 4) is 17.2 Å². The van der Waals surface area contributed by atoms with Gasteiger partial charge in [-0.05, 0) is 86.3 Å². The van der Waals surface area contributed by atoms with E-state index in [1.54, 1.807) is 24.0 Å². The Morgan fingerprint density at radius 2 is 1.70 bits per heavy atom. The summed E-state index contributed by atoms with van der Waals surface area (Å²) in [6.07, 6.45) is -0.303. The van der Waals surface area contributed by atoms with Crippen LogP contribution in [0.2, 0.25) is 5.02 Å². The minimum Gasteiger partial charge on any atom is -0.488 e. The van der Waals surface area contributed by atoms with Crippen LogP contribution in [0.3, 0.4) is 0 Å². The second kappa shape index (κ2) is 14.6. The molecule has 4 aromatic rings. The Morgan fingerprint density at radius 1 is 1.02 bits per heavy atom. The summed E-state index contributed by atoms with van der Waals surface area (Å²) in [5.41, 5.74) is 1.53. The van der Waals surface area contributed by atoms with Crippen LogP contribution in [0, 0.1) is 5.92 Å².